The van der Waals surface area contributed by atoms with Gasteiger partial charge in [0.15, 0.2) is 0 Å². The minimum absolute atomic E-state index is 0.305. The molecule has 1 N–H and O–H groups in total. The summed E-state index contributed by atoms with van der Waals surface area (Å²) in [4.78, 5) is 0. The van der Waals surface area contributed by atoms with Gasteiger partial charge in [0.05, 0.1) is 6.61 Å². The van der Waals surface area contributed by atoms with Crippen LogP contribution in [0.4, 0.5) is 0 Å². The Bertz CT molecular complexity index is 436. The number of nitrogens with one attached hydrogen (secondary N) is 1. The van der Waals surface area contributed by atoms with Gasteiger partial charge in [0.1, 0.15) is 0 Å². The summed E-state index contributed by atoms with van der Waals surface area (Å²) in [5.41, 5.74) is 1.36. The lowest BCUT2D eigenvalue weighted by Gasteiger charge is -2.65. The van der Waals surface area contributed by atoms with Gasteiger partial charge in [0.25, 0.3) is 11.0 Å². The lowest BCUT2D eigenvalue weighted by atomic mass is 9.43. The number of rotatable bonds is 6. The second kappa shape index (κ2) is 4.96. The van der Waals surface area contributed by atoms with Crippen molar-refractivity contribution >= 4 is 11.0 Å². The molecule has 0 amide bonds. The molecule has 5 heteroatoms. The van der Waals surface area contributed by atoms with Crippen molar-refractivity contribution in [3.8, 4) is 0 Å². The molecule has 0 saturated heterocycles. The van der Waals surface area contributed by atoms with Gasteiger partial charge >= 0.3 is 0 Å². The minimum atomic E-state index is -2.69. The fourth-order valence-corrected chi connectivity index (χ4v) is 6.49. The number of hydrogen-bond donors (Lipinski definition) is 2. The molecule has 4 nitrogen and oxygen atoms in total. The van der Waals surface area contributed by atoms with Crippen LogP contribution in [0.1, 0.15) is 58.8 Å². The largest absolute Gasteiger partial charge is 0.311 e. The predicted molar refractivity (Wildman–Crippen MR) is 79.0 cm³/mol. The highest BCUT2D eigenvalue weighted by Gasteiger charge is 2.59. The summed E-state index contributed by atoms with van der Waals surface area (Å²) in [5, 5.41) is 3.77. The Morgan fingerprint density at radius 2 is 1.75 bits per heavy atom. The molecular weight excluding hydrogens is 274 g/mol. The number of hydrogen-bond acceptors (Lipinski definition) is 4. The third-order valence-corrected chi connectivity index (χ3v) is 6.04. The second-order valence-electron chi connectivity index (χ2n) is 8.25. The fourth-order valence-electron chi connectivity index (χ4n) is 6.21. The standard InChI is InChI=1S/C15H27NO3S/c1-13-6-12-7-14(2,9-13)11-15(8-12,10-13)16-4-3-5-19-20(17)18/h12,16,20H,3-11H2,1-2H3. The highest BCUT2D eigenvalue weighted by molar-refractivity contribution is 7.67. The average Bonchev–Trinajstić information content (AvgIpc) is 2.22. The molecule has 0 spiro atoms. The molecule has 0 aromatic rings. The first-order valence-corrected chi connectivity index (χ1v) is 8.94. The van der Waals surface area contributed by atoms with Crippen molar-refractivity contribution in [2.75, 3.05) is 13.2 Å². The quantitative estimate of drug-likeness (QED) is 0.584. The summed E-state index contributed by atoms with van der Waals surface area (Å²) in [6, 6.07) is 0. The maximum absolute atomic E-state index is 10.4. The van der Waals surface area contributed by atoms with E-state index in [-0.39, 0.29) is 0 Å². The zero-order chi connectivity index (χ0) is 14.4. The highest BCUT2D eigenvalue weighted by Crippen LogP contribution is 2.66. The fraction of sp³-hybridized carbons (Fsp3) is 1.00. The Labute approximate surface area is 123 Å². The maximum Gasteiger partial charge on any atom is 0.257 e. The Hall–Kier alpha value is -0.130. The van der Waals surface area contributed by atoms with E-state index in [0.29, 0.717) is 23.0 Å². The van der Waals surface area contributed by atoms with Crippen LogP contribution in [0.5, 0.6) is 0 Å². The van der Waals surface area contributed by atoms with E-state index >= 15 is 0 Å². The van der Waals surface area contributed by atoms with Gasteiger partial charge in [0.2, 0.25) is 0 Å². The van der Waals surface area contributed by atoms with E-state index in [9.17, 15) is 8.42 Å². The summed E-state index contributed by atoms with van der Waals surface area (Å²) in [7, 11) is -2.69. The Kier molecular flexibility index (Phi) is 3.67. The minimum Gasteiger partial charge on any atom is -0.311 e. The van der Waals surface area contributed by atoms with Crippen LogP contribution in [0, 0.1) is 16.7 Å². The Balaban J connectivity index is 1.58. The van der Waals surface area contributed by atoms with Gasteiger partial charge in [-0.1, -0.05) is 13.8 Å². The summed E-state index contributed by atoms with van der Waals surface area (Å²) < 4.78 is 25.3. The van der Waals surface area contributed by atoms with Crippen molar-refractivity contribution in [1.82, 2.24) is 5.32 Å². The normalized spacial score (nSPS) is 46.2. The molecule has 20 heavy (non-hydrogen) atoms. The molecule has 0 radical (unpaired) electrons. The van der Waals surface area contributed by atoms with Gasteiger partial charge in [-0.25, -0.2) is 8.42 Å². The zero-order valence-electron chi connectivity index (χ0n) is 12.6. The summed E-state index contributed by atoms with van der Waals surface area (Å²) in [5.74, 6) is 0.890. The van der Waals surface area contributed by atoms with Crippen molar-refractivity contribution in [2.45, 2.75) is 64.3 Å². The molecule has 4 rings (SSSR count). The zero-order valence-corrected chi connectivity index (χ0v) is 13.5. The van der Waals surface area contributed by atoms with E-state index in [1.54, 1.807) is 0 Å². The van der Waals surface area contributed by atoms with Gasteiger partial charge < -0.3 is 5.32 Å². The molecule has 4 saturated carbocycles. The molecule has 2 atom stereocenters. The highest BCUT2D eigenvalue weighted by atomic mass is 32.2. The summed E-state index contributed by atoms with van der Waals surface area (Å²) in [6.45, 7) is 6.11. The first kappa shape index (κ1) is 14.8. The van der Waals surface area contributed by atoms with Crippen molar-refractivity contribution in [3.63, 3.8) is 0 Å². The van der Waals surface area contributed by atoms with Crippen molar-refractivity contribution < 1.29 is 12.6 Å². The molecule has 0 aliphatic heterocycles. The molecule has 116 valence electrons. The van der Waals surface area contributed by atoms with Gasteiger partial charge in [-0.05, 0) is 68.2 Å². The average molecular weight is 301 g/mol. The molecule has 4 fully saturated rings. The maximum atomic E-state index is 10.4. The predicted octanol–water partition coefficient (Wildman–Crippen LogP) is 2.26. The SMILES string of the molecule is CC12CC3CC(C)(C1)CC(NCCCO[SH](=O)=O)(C3)C2. The molecule has 4 bridgehead atoms. The molecular formula is C15H27NO3S. The van der Waals surface area contributed by atoms with E-state index in [1.807, 2.05) is 0 Å². The van der Waals surface area contributed by atoms with E-state index in [4.69, 9.17) is 0 Å². The van der Waals surface area contributed by atoms with Crippen LogP contribution < -0.4 is 5.32 Å². The summed E-state index contributed by atoms with van der Waals surface area (Å²) in [6.07, 6.45) is 8.88. The molecule has 4 aliphatic rings. The molecule has 0 aromatic carbocycles. The third-order valence-electron chi connectivity index (χ3n) is 5.64. The van der Waals surface area contributed by atoms with Gasteiger partial charge in [-0.15, -0.1) is 0 Å². The molecule has 4 aliphatic carbocycles. The van der Waals surface area contributed by atoms with Gasteiger partial charge in [0, 0.05) is 5.54 Å². The van der Waals surface area contributed by atoms with Crippen molar-refractivity contribution in [2.24, 2.45) is 16.7 Å². The third kappa shape index (κ3) is 2.90. The molecule has 0 aromatic heterocycles. The van der Waals surface area contributed by atoms with Gasteiger partial charge in [-0.2, -0.15) is 0 Å². The van der Waals surface area contributed by atoms with E-state index in [0.717, 1.165) is 18.9 Å². The first-order chi connectivity index (χ1) is 9.32. The van der Waals surface area contributed by atoms with E-state index < -0.39 is 11.0 Å². The monoisotopic (exact) mass is 301 g/mol. The van der Waals surface area contributed by atoms with Crippen molar-refractivity contribution in [1.29, 1.82) is 0 Å². The lowest BCUT2D eigenvalue weighted by molar-refractivity contribution is -0.117. The van der Waals surface area contributed by atoms with Gasteiger partial charge in [-0.3, -0.25) is 4.18 Å². The van der Waals surface area contributed by atoms with Crippen LogP contribution in [0.25, 0.3) is 0 Å². The molecule has 2 unspecified atom stereocenters. The van der Waals surface area contributed by atoms with Crippen LogP contribution in [0.15, 0.2) is 0 Å². The van der Waals surface area contributed by atoms with Crippen LogP contribution in [-0.2, 0) is 15.2 Å². The number of thiol groups is 1. The summed E-state index contributed by atoms with van der Waals surface area (Å²) >= 11 is 0. The Morgan fingerprint density at radius 1 is 1.10 bits per heavy atom. The van der Waals surface area contributed by atoms with Crippen LogP contribution in [0.3, 0.4) is 0 Å². The first-order valence-electron chi connectivity index (χ1n) is 7.85. The van der Waals surface area contributed by atoms with Crippen LogP contribution in [-0.4, -0.2) is 27.1 Å². The van der Waals surface area contributed by atoms with Crippen molar-refractivity contribution in [3.05, 3.63) is 0 Å². The second-order valence-corrected chi connectivity index (χ2v) is 8.95. The van der Waals surface area contributed by atoms with Crippen LogP contribution >= 0.6 is 0 Å². The smallest absolute Gasteiger partial charge is 0.257 e. The van der Waals surface area contributed by atoms with E-state index in [1.165, 1.54) is 38.5 Å². The van der Waals surface area contributed by atoms with E-state index in [2.05, 4.69) is 23.3 Å². The topological polar surface area (TPSA) is 55.4 Å². The Morgan fingerprint density at radius 3 is 2.30 bits per heavy atom. The molecule has 0 heterocycles. The lowest BCUT2D eigenvalue weighted by Crippen LogP contribution is -2.64. The van der Waals surface area contributed by atoms with Crippen LogP contribution in [0.2, 0.25) is 0 Å².